The maximum Gasteiger partial charge on any atom is 0.224 e. The summed E-state index contributed by atoms with van der Waals surface area (Å²) in [7, 11) is 0. The fraction of sp³-hybridized carbons (Fsp3) is 0.588. The molecule has 5 heteroatoms. The minimum absolute atomic E-state index is 0.00725. The van der Waals surface area contributed by atoms with Crippen LogP contribution in [-0.2, 0) is 4.79 Å². The van der Waals surface area contributed by atoms with E-state index < -0.39 is 11.6 Å². The number of hydrogen-bond acceptors (Lipinski definition) is 2. The highest BCUT2D eigenvalue weighted by Crippen LogP contribution is 2.48. The van der Waals surface area contributed by atoms with Crippen LogP contribution in [0.4, 0.5) is 8.78 Å². The van der Waals surface area contributed by atoms with Crippen molar-refractivity contribution >= 4 is 5.91 Å². The Kier molecular flexibility index (Phi) is 4.85. The largest absolute Gasteiger partial charge is 0.394 e. The molecule has 1 aromatic rings. The van der Waals surface area contributed by atoms with Gasteiger partial charge in [0.15, 0.2) is 0 Å². The normalized spacial score (nSPS) is 22.3. The Morgan fingerprint density at radius 2 is 2.09 bits per heavy atom. The highest BCUT2D eigenvalue weighted by Gasteiger charge is 2.45. The van der Waals surface area contributed by atoms with Gasteiger partial charge < -0.3 is 10.4 Å². The number of rotatable bonds is 5. The third-order valence-corrected chi connectivity index (χ3v) is 3.91. The molecule has 0 aliphatic heterocycles. The molecule has 1 amide bonds. The van der Waals surface area contributed by atoms with E-state index in [1.165, 1.54) is 12.1 Å². The maximum absolute atomic E-state index is 13.7. The van der Waals surface area contributed by atoms with E-state index in [-0.39, 0.29) is 35.8 Å². The molecule has 1 aliphatic rings. The van der Waals surface area contributed by atoms with Gasteiger partial charge in [-0.15, -0.1) is 0 Å². The van der Waals surface area contributed by atoms with E-state index in [1.807, 2.05) is 20.8 Å². The summed E-state index contributed by atoms with van der Waals surface area (Å²) >= 11 is 0. The summed E-state index contributed by atoms with van der Waals surface area (Å²) in [6.45, 7) is 5.99. The highest BCUT2D eigenvalue weighted by atomic mass is 19.1. The molecule has 0 heterocycles. The van der Waals surface area contributed by atoms with Crippen LogP contribution in [0.1, 0.15) is 45.1 Å². The van der Waals surface area contributed by atoms with Gasteiger partial charge in [-0.3, -0.25) is 4.79 Å². The molecule has 1 saturated carbocycles. The zero-order valence-corrected chi connectivity index (χ0v) is 13.2. The SMILES string of the molecule is CC(C)(C)CC(CO)NC(=O)C1CC1c1ccc(F)cc1F. The molecule has 22 heavy (non-hydrogen) atoms. The minimum Gasteiger partial charge on any atom is -0.394 e. The summed E-state index contributed by atoms with van der Waals surface area (Å²) in [4.78, 5) is 12.2. The average Bonchev–Trinajstić information content (AvgIpc) is 3.16. The Bertz CT molecular complexity index is 554. The fourth-order valence-electron chi connectivity index (χ4n) is 2.84. The predicted molar refractivity (Wildman–Crippen MR) is 80.3 cm³/mol. The lowest BCUT2D eigenvalue weighted by Crippen LogP contribution is -2.41. The van der Waals surface area contributed by atoms with Crippen molar-refractivity contribution in [1.82, 2.24) is 5.32 Å². The standard InChI is InChI=1S/C17H23F2NO2/c1-17(2,3)8-11(9-21)20-16(22)14-7-13(14)12-5-4-10(18)6-15(12)19/h4-6,11,13-14,21H,7-9H2,1-3H3,(H,20,22). The molecule has 2 rings (SSSR count). The van der Waals surface area contributed by atoms with Crippen LogP contribution in [0.5, 0.6) is 0 Å². The van der Waals surface area contributed by atoms with E-state index in [2.05, 4.69) is 5.32 Å². The molecule has 3 unspecified atom stereocenters. The van der Waals surface area contributed by atoms with Crippen molar-refractivity contribution in [2.75, 3.05) is 6.61 Å². The van der Waals surface area contributed by atoms with E-state index in [0.29, 0.717) is 18.4 Å². The molecule has 1 fully saturated rings. The molecule has 0 radical (unpaired) electrons. The summed E-state index contributed by atoms with van der Waals surface area (Å²) < 4.78 is 26.6. The minimum atomic E-state index is -0.617. The van der Waals surface area contributed by atoms with Gasteiger partial charge in [0.25, 0.3) is 0 Å². The van der Waals surface area contributed by atoms with E-state index >= 15 is 0 Å². The van der Waals surface area contributed by atoms with Crippen molar-refractivity contribution in [3.63, 3.8) is 0 Å². The molecule has 3 nitrogen and oxygen atoms in total. The number of carbonyl (C=O) groups excluding carboxylic acids is 1. The van der Waals surface area contributed by atoms with Crippen molar-refractivity contribution in [3.8, 4) is 0 Å². The Labute approximate surface area is 129 Å². The van der Waals surface area contributed by atoms with Crippen LogP contribution >= 0.6 is 0 Å². The van der Waals surface area contributed by atoms with Crippen molar-refractivity contribution in [2.24, 2.45) is 11.3 Å². The molecule has 0 spiro atoms. The van der Waals surface area contributed by atoms with E-state index in [0.717, 1.165) is 6.07 Å². The van der Waals surface area contributed by atoms with Crippen LogP contribution in [0, 0.1) is 23.0 Å². The van der Waals surface area contributed by atoms with E-state index in [4.69, 9.17) is 0 Å². The number of benzene rings is 1. The van der Waals surface area contributed by atoms with Gasteiger partial charge in [-0.1, -0.05) is 26.8 Å². The second-order valence-corrected chi connectivity index (χ2v) is 7.27. The van der Waals surface area contributed by atoms with Crippen molar-refractivity contribution in [2.45, 2.75) is 45.6 Å². The Balaban J connectivity index is 1.95. The van der Waals surface area contributed by atoms with Gasteiger partial charge in [0.1, 0.15) is 11.6 Å². The highest BCUT2D eigenvalue weighted by molar-refractivity contribution is 5.83. The van der Waals surface area contributed by atoms with E-state index in [1.54, 1.807) is 0 Å². The lowest BCUT2D eigenvalue weighted by molar-refractivity contribution is -0.123. The molecule has 122 valence electrons. The molecule has 0 aromatic heterocycles. The first-order valence-corrected chi connectivity index (χ1v) is 7.57. The molecule has 1 aliphatic carbocycles. The molecule has 0 bridgehead atoms. The molecular formula is C17H23F2NO2. The monoisotopic (exact) mass is 311 g/mol. The number of carbonyl (C=O) groups is 1. The second kappa shape index (κ2) is 6.32. The van der Waals surface area contributed by atoms with Crippen molar-refractivity contribution in [1.29, 1.82) is 0 Å². The number of nitrogens with one attached hydrogen (secondary N) is 1. The molecule has 3 atom stereocenters. The maximum atomic E-state index is 13.7. The van der Waals surface area contributed by atoms with E-state index in [9.17, 15) is 18.7 Å². The number of aliphatic hydroxyl groups excluding tert-OH is 1. The van der Waals surface area contributed by atoms with Gasteiger partial charge in [-0.25, -0.2) is 8.78 Å². The van der Waals surface area contributed by atoms with Gasteiger partial charge in [0.2, 0.25) is 5.91 Å². The first kappa shape index (κ1) is 16.9. The van der Waals surface area contributed by atoms with Crippen molar-refractivity contribution < 1.29 is 18.7 Å². The first-order valence-electron chi connectivity index (χ1n) is 7.57. The number of halogens is 2. The number of aliphatic hydroxyl groups is 1. The van der Waals surface area contributed by atoms with Crippen LogP contribution in [-0.4, -0.2) is 23.7 Å². The predicted octanol–water partition coefficient (Wildman–Crippen LogP) is 2.98. The molecular weight excluding hydrogens is 288 g/mol. The van der Waals surface area contributed by atoms with Crippen LogP contribution in [0.3, 0.4) is 0 Å². The summed E-state index contributed by atoms with van der Waals surface area (Å²) in [6, 6.07) is 3.16. The Morgan fingerprint density at radius 3 is 2.64 bits per heavy atom. The third kappa shape index (κ3) is 4.26. The smallest absolute Gasteiger partial charge is 0.224 e. The first-order chi connectivity index (χ1) is 10.2. The van der Waals surface area contributed by atoms with Gasteiger partial charge >= 0.3 is 0 Å². The average molecular weight is 311 g/mol. The lowest BCUT2D eigenvalue weighted by Gasteiger charge is -2.25. The van der Waals surface area contributed by atoms with Crippen LogP contribution in [0.15, 0.2) is 18.2 Å². The zero-order chi connectivity index (χ0) is 16.5. The zero-order valence-electron chi connectivity index (χ0n) is 13.2. The summed E-state index contributed by atoms with van der Waals surface area (Å²) in [5.74, 6) is -1.89. The second-order valence-electron chi connectivity index (χ2n) is 7.27. The van der Waals surface area contributed by atoms with Gasteiger partial charge in [-0.2, -0.15) is 0 Å². The Hall–Kier alpha value is -1.49. The van der Waals surface area contributed by atoms with Crippen LogP contribution in [0.2, 0.25) is 0 Å². The lowest BCUT2D eigenvalue weighted by atomic mass is 9.88. The van der Waals surface area contributed by atoms with Crippen LogP contribution < -0.4 is 5.32 Å². The summed E-state index contributed by atoms with van der Waals surface area (Å²) in [5, 5.41) is 12.2. The summed E-state index contributed by atoms with van der Waals surface area (Å²) in [5.41, 5.74) is 0.380. The van der Waals surface area contributed by atoms with Crippen LogP contribution in [0.25, 0.3) is 0 Å². The van der Waals surface area contributed by atoms with Crippen molar-refractivity contribution in [3.05, 3.63) is 35.4 Å². The molecule has 2 N–H and O–H groups in total. The Morgan fingerprint density at radius 1 is 1.41 bits per heavy atom. The number of hydrogen-bond donors (Lipinski definition) is 2. The quantitative estimate of drug-likeness (QED) is 0.878. The molecule has 0 saturated heterocycles. The fourth-order valence-corrected chi connectivity index (χ4v) is 2.84. The molecule has 1 aromatic carbocycles. The topological polar surface area (TPSA) is 49.3 Å². The number of amides is 1. The third-order valence-electron chi connectivity index (χ3n) is 3.91. The van der Waals surface area contributed by atoms with Gasteiger partial charge in [0, 0.05) is 12.0 Å². The van der Waals surface area contributed by atoms with Gasteiger partial charge in [-0.05, 0) is 35.8 Å². The summed E-state index contributed by atoms with van der Waals surface area (Å²) in [6.07, 6.45) is 1.22. The van der Waals surface area contributed by atoms with Gasteiger partial charge in [0.05, 0.1) is 12.6 Å².